The molecule has 0 aliphatic heterocycles. The molecule has 140 valence electrons. The van der Waals surface area contributed by atoms with Gasteiger partial charge in [-0.15, -0.1) is 0 Å². The van der Waals surface area contributed by atoms with Gasteiger partial charge in [0.1, 0.15) is 5.75 Å². The molecule has 0 spiro atoms. The third-order valence-electron chi connectivity index (χ3n) is 3.98. The van der Waals surface area contributed by atoms with Crippen LogP contribution >= 0.6 is 0 Å². The lowest BCUT2D eigenvalue weighted by Crippen LogP contribution is -2.24. The average Bonchev–Trinajstić information content (AvgIpc) is 2.74. The first-order chi connectivity index (χ1) is 13.7. The number of carbonyl (C=O) groups excluding carboxylic acids is 1. The molecular formula is C24H22N2O2. The second-order valence-electron chi connectivity index (χ2n) is 6.27. The van der Waals surface area contributed by atoms with E-state index < -0.39 is 0 Å². The van der Waals surface area contributed by atoms with Crippen molar-refractivity contribution >= 4 is 18.2 Å². The number of nitrogens with one attached hydrogen (secondary N) is 1. The van der Waals surface area contributed by atoms with Crippen LogP contribution < -0.4 is 10.2 Å². The van der Waals surface area contributed by atoms with Gasteiger partial charge in [-0.05, 0) is 41.3 Å². The molecule has 28 heavy (non-hydrogen) atoms. The van der Waals surface area contributed by atoms with Crippen molar-refractivity contribution in [1.29, 1.82) is 0 Å². The van der Waals surface area contributed by atoms with Gasteiger partial charge in [-0.1, -0.05) is 78.9 Å². The van der Waals surface area contributed by atoms with Crippen LogP contribution in [0.25, 0.3) is 17.2 Å². The lowest BCUT2D eigenvalue weighted by atomic mass is 10.1. The number of carbonyl (C=O) groups is 1. The van der Waals surface area contributed by atoms with E-state index in [2.05, 4.69) is 22.7 Å². The van der Waals surface area contributed by atoms with Crippen molar-refractivity contribution in [2.24, 2.45) is 5.10 Å². The molecule has 1 N–H and O–H groups in total. The minimum absolute atomic E-state index is 0.0938. The van der Waals surface area contributed by atoms with E-state index in [1.807, 2.05) is 85.8 Å². The van der Waals surface area contributed by atoms with Crippen molar-refractivity contribution < 1.29 is 9.53 Å². The number of rotatable bonds is 7. The number of ether oxygens (including phenoxy) is 1. The molecule has 3 aromatic carbocycles. The van der Waals surface area contributed by atoms with Crippen molar-refractivity contribution in [1.82, 2.24) is 5.43 Å². The minimum atomic E-state index is -0.309. The summed E-state index contributed by atoms with van der Waals surface area (Å²) in [7, 11) is 0. The molecule has 0 aliphatic rings. The average molecular weight is 370 g/mol. The van der Waals surface area contributed by atoms with E-state index in [9.17, 15) is 4.79 Å². The third-order valence-corrected chi connectivity index (χ3v) is 3.98. The predicted molar refractivity (Wildman–Crippen MR) is 114 cm³/mol. The molecule has 0 fully saturated rings. The SMILES string of the molecule is CC(/C=N/NC(=O)COc1ccc(-c2ccccc2)cc1)=C\c1ccccc1. The highest BCUT2D eigenvalue weighted by atomic mass is 16.5. The Hall–Kier alpha value is -3.66. The molecule has 0 unspecified atom stereocenters. The number of hydrogen-bond acceptors (Lipinski definition) is 3. The quantitative estimate of drug-likeness (QED) is 0.473. The maximum absolute atomic E-state index is 11.9. The summed E-state index contributed by atoms with van der Waals surface area (Å²) >= 11 is 0. The van der Waals surface area contributed by atoms with Crippen LogP contribution in [0.5, 0.6) is 5.75 Å². The molecule has 0 heterocycles. The van der Waals surface area contributed by atoms with Crippen LogP contribution in [-0.2, 0) is 4.79 Å². The van der Waals surface area contributed by atoms with Crippen molar-refractivity contribution in [2.75, 3.05) is 6.61 Å². The number of hydrazone groups is 1. The van der Waals surface area contributed by atoms with Gasteiger partial charge in [0.25, 0.3) is 5.91 Å². The van der Waals surface area contributed by atoms with Gasteiger partial charge in [-0.25, -0.2) is 5.43 Å². The Bertz CT molecular complexity index is 947. The topological polar surface area (TPSA) is 50.7 Å². The molecule has 0 aromatic heterocycles. The molecule has 3 aromatic rings. The van der Waals surface area contributed by atoms with Crippen LogP contribution in [-0.4, -0.2) is 18.7 Å². The van der Waals surface area contributed by atoms with Crippen LogP contribution in [0.3, 0.4) is 0 Å². The van der Waals surface area contributed by atoms with Gasteiger partial charge in [-0.2, -0.15) is 5.10 Å². The van der Waals surface area contributed by atoms with Crippen molar-refractivity contribution in [3.05, 3.63) is 96.1 Å². The molecule has 4 nitrogen and oxygen atoms in total. The number of hydrogen-bond donors (Lipinski definition) is 1. The van der Waals surface area contributed by atoms with Gasteiger partial charge in [0.15, 0.2) is 6.61 Å². The number of allylic oxidation sites excluding steroid dienone is 1. The zero-order valence-corrected chi connectivity index (χ0v) is 15.7. The Morgan fingerprint density at radius 3 is 2.18 bits per heavy atom. The molecule has 0 aliphatic carbocycles. The fourth-order valence-electron chi connectivity index (χ4n) is 2.61. The molecule has 0 radical (unpaired) electrons. The van der Waals surface area contributed by atoms with Gasteiger partial charge >= 0.3 is 0 Å². The minimum Gasteiger partial charge on any atom is -0.484 e. The molecule has 0 bridgehead atoms. The number of nitrogens with zero attached hydrogens (tertiary/aromatic N) is 1. The van der Waals surface area contributed by atoms with E-state index in [4.69, 9.17) is 4.74 Å². The van der Waals surface area contributed by atoms with E-state index in [0.29, 0.717) is 5.75 Å². The van der Waals surface area contributed by atoms with Gasteiger partial charge in [0, 0.05) is 0 Å². The van der Waals surface area contributed by atoms with Crippen LogP contribution in [0.15, 0.2) is 95.6 Å². The second-order valence-corrected chi connectivity index (χ2v) is 6.27. The summed E-state index contributed by atoms with van der Waals surface area (Å²) in [6, 6.07) is 27.7. The fraction of sp³-hybridized carbons (Fsp3) is 0.0833. The maximum Gasteiger partial charge on any atom is 0.277 e. The Balaban J connectivity index is 1.46. The van der Waals surface area contributed by atoms with Crippen LogP contribution in [0.2, 0.25) is 0 Å². The van der Waals surface area contributed by atoms with E-state index in [0.717, 1.165) is 22.3 Å². The lowest BCUT2D eigenvalue weighted by Gasteiger charge is -2.06. The summed E-state index contributed by atoms with van der Waals surface area (Å²) in [4.78, 5) is 11.9. The highest BCUT2D eigenvalue weighted by Gasteiger charge is 2.02. The Morgan fingerprint density at radius 1 is 0.893 bits per heavy atom. The molecule has 0 atom stereocenters. The highest BCUT2D eigenvalue weighted by Crippen LogP contribution is 2.21. The zero-order chi connectivity index (χ0) is 19.6. The van der Waals surface area contributed by atoms with E-state index in [1.54, 1.807) is 6.21 Å². The Labute approximate surface area is 165 Å². The lowest BCUT2D eigenvalue weighted by molar-refractivity contribution is -0.123. The predicted octanol–water partition coefficient (Wildman–Crippen LogP) is 4.94. The molecule has 4 heteroatoms. The Kier molecular flexibility index (Phi) is 6.74. The smallest absolute Gasteiger partial charge is 0.277 e. The maximum atomic E-state index is 11.9. The monoisotopic (exact) mass is 370 g/mol. The summed E-state index contributed by atoms with van der Waals surface area (Å²) in [6.45, 7) is 1.83. The summed E-state index contributed by atoms with van der Waals surface area (Å²) in [5.74, 6) is 0.329. The number of amides is 1. The largest absolute Gasteiger partial charge is 0.484 e. The first kappa shape index (κ1) is 19.1. The van der Waals surface area contributed by atoms with Gasteiger partial charge in [0.05, 0.1) is 6.21 Å². The van der Waals surface area contributed by atoms with E-state index in [1.165, 1.54) is 0 Å². The second kappa shape index (κ2) is 9.88. The summed E-state index contributed by atoms with van der Waals surface area (Å²) < 4.78 is 5.51. The highest BCUT2D eigenvalue weighted by molar-refractivity contribution is 5.86. The first-order valence-corrected chi connectivity index (χ1v) is 9.04. The zero-order valence-electron chi connectivity index (χ0n) is 15.7. The van der Waals surface area contributed by atoms with E-state index >= 15 is 0 Å². The Morgan fingerprint density at radius 2 is 1.50 bits per heavy atom. The number of benzene rings is 3. The normalized spacial score (nSPS) is 11.4. The molecule has 0 saturated heterocycles. The summed E-state index contributed by atoms with van der Waals surface area (Å²) in [5.41, 5.74) is 6.73. The summed E-state index contributed by atoms with van der Waals surface area (Å²) in [6.07, 6.45) is 3.60. The van der Waals surface area contributed by atoms with Crippen LogP contribution in [0.4, 0.5) is 0 Å². The van der Waals surface area contributed by atoms with Gasteiger partial charge in [-0.3, -0.25) is 4.79 Å². The van der Waals surface area contributed by atoms with Crippen molar-refractivity contribution in [2.45, 2.75) is 6.92 Å². The first-order valence-electron chi connectivity index (χ1n) is 9.04. The summed E-state index contributed by atoms with van der Waals surface area (Å²) in [5, 5.41) is 3.96. The van der Waals surface area contributed by atoms with Crippen LogP contribution in [0, 0.1) is 0 Å². The standard InChI is InChI=1S/C24H22N2O2/c1-19(16-20-8-4-2-5-9-20)17-25-26-24(27)18-28-23-14-12-22(13-15-23)21-10-6-3-7-11-21/h2-17H,18H2,1H3,(H,26,27)/b19-16+,25-17+. The van der Waals surface area contributed by atoms with Gasteiger partial charge in [0.2, 0.25) is 0 Å². The van der Waals surface area contributed by atoms with E-state index in [-0.39, 0.29) is 12.5 Å². The van der Waals surface area contributed by atoms with Crippen molar-refractivity contribution in [3.8, 4) is 16.9 Å². The third kappa shape index (κ3) is 5.95. The molecular weight excluding hydrogens is 348 g/mol. The molecule has 0 saturated carbocycles. The fourth-order valence-corrected chi connectivity index (χ4v) is 2.61. The van der Waals surface area contributed by atoms with Crippen molar-refractivity contribution in [3.63, 3.8) is 0 Å². The van der Waals surface area contributed by atoms with Crippen LogP contribution in [0.1, 0.15) is 12.5 Å². The molecule has 3 rings (SSSR count). The van der Waals surface area contributed by atoms with Gasteiger partial charge < -0.3 is 4.74 Å². The molecule has 1 amide bonds.